The SMILES string of the molecule is O=C(Cc1ccc(Cl)cc1)N/N=C\c1cc(Br)c(O)c(Br)c1. The van der Waals surface area contributed by atoms with Gasteiger partial charge < -0.3 is 5.11 Å². The second-order valence-corrected chi connectivity index (χ2v) is 6.57. The molecule has 114 valence electrons. The third-order valence-electron chi connectivity index (χ3n) is 2.72. The van der Waals surface area contributed by atoms with Gasteiger partial charge in [-0.05, 0) is 67.3 Å². The average molecular weight is 447 g/mol. The maximum Gasteiger partial charge on any atom is 0.244 e. The van der Waals surface area contributed by atoms with Gasteiger partial charge >= 0.3 is 0 Å². The van der Waals surface area contributed by atoms with E-state index in [0.29, 0.717) is 14.0 Å². The highest BCUT2D eigenvalue weighted by Gasteiger charge is 2.05. The van der Waals surface area contributed by atoms with Crippen LogP contribution < -0.4 is 5.43 Å². The minimum atomic E-state index is -0.226. The fourth-order valence-corrected chi connectivity index (χ4v) is 3.01. The standard InChI is InChI=1S/C15H11Br2ClN2O2/c16-12-5-10(6-13(17)15(12)22)8-19-20-14(21)7-9-1-3-11(18)4-2-9/h1-6,8,22H,7H2,(H,20,21)/b19-8-. The molecule has 2 aromatic carbocycles. The van der Waals surface area contributed by atoms with Crippen molar-refractivity contribution in [3.05, 3.63) is 61.5 Å². The molecule has 0 radical (unpaired) electrons. The Morgan fingerprint density at radius 2 is 1.82 bits per heavy atom. The highest BCUT2D eigenvalue weighted by Crippen LogP contribution is 2.32. The van der Waals surface area contributed by atoms with E-state index < -0.39 is 0 Å². The van der Waals surface area contributed by atoms with E-state index in [1.54, 1.807) is 36.4 Å². The smallest absolute Gasteiger partial charge is 0.244 e. The number of phenolic OH excluding ortho intramolecular Hbond substituents is 1. The van der Waals surface area contributed by atoms with Gasteiger partial charge in [0, 0.05) is 5.02 Å². The Morgan fingerprint density at radius 3 is 2.41 bits per heavy atom. The summed E-state index contributed by atoms with van der Waals surface area (Å²) in [5.41, 5.74) is 4.03. The first kappa shape index (κ1) is 17.0. The lowest BCUT2D eigenvalue weighted by Crippen LogP contribution is -2.19. The number of hydrazone groups is 1. The van der Waals surface area contributed by atoms with Crippen LogP contribution >= 0.6 is 43.5 Å². The molecule has 0 saturated heterocycles. The summed E-state index contributed by atoms with van der Waals surface area (Å²) in [4.78, 5) is 11.8. The molecule has 0 fully saturated rings. The van der Waals surface area contributed by atoms with E-state index in [-0.39, 0.29) is 18.1 Å². The summed E-state index contributed by atoms with van der Waals surface area (Å²) in [6, 6.07) is 10.4. The summed E-state index contributed by atoms with van der Waals surface area (Å²) in [6.45, 7) is 0. The van der Waals surface area contributed by atoms with Gasteiger partial charge in [-0.1, -0.05) is 23.7 Å². The molecule has 4 nitrogen and oxygen atoms in total. The zero-order valence-corrected chi connectivity index (χ0v) is 15.1. The summed E-state index contributed by atoms with van der Waals surface area (Å²) in [5, 5.41) is 14.1. The molecule has 0 aromatic heterocycles. The molecule has 0 saturated carbocycles. The predicted molar refractivity (Wildman–Crippen MR) is 94.4 cm³/mol. The summed E-state index contributed by atoms with van der Waals surface area (Å²) < 4.78 is 1.08. The van der Waals surface area contributed by atoms with Crippen LogP contribution in [0.15, 0.2) is 50.4 Å². The molecule has 0 atom stereocenters. The van der Waals surface area contributed by atoms with Crippen molar-refractivity contribution in [2.24, 2.45) is 5.10 Å². The second-order valence-electron chi connectivity index (χ2n) is 4.43. The van der Waals surface area contributed by atoms with Crippen molar-refractivity contribution in [1.29, 1.82) is 0 Å². The molecule has 7 heteroatoms. The van der Waals surface area contributed by atoms with Gasteiger partial charge in [-0.15, -0.1) is 0 Å². The Labute approximate surface area is 149 Å². The van der Waals surface area contributed by atoms with Gasteiger partial charge in [-0.2, -0.15) is 5.10 Å². The molecule has 0 unspecified atom stereocenters. The van der Waals surface area contributed by atoms with Crippen molar-refractivity contribution in [1.82, 2.24) is 5.43 Å². The van der Waals surface area contributed by atoms with Crippen LogP contribution in [0, 0.1) is 0 Å². The van der Waals surface area contributed by atoms with Gasteiger partial charge in [0.25, 0.3) is 0 Å². The number of nitrogens with one attached hydrogen (secondary N) is 1. The van der Waals surface area contributed by atoms with Gasteiger partial charge in [0.15, 0.2) is 0 Å². The normalized spacial score (nSPS) is 10.9. The number of carbonyl (C=O) groups is 1. The lowest BCUT2D eigenvalue weighted by Gasteiger charge is -2.03. The predicted octanol–water partition coefficient (Wildman–Crippen LogP) is 4.26. The fourth-order valence-electron chi connectivity index (χ4n) is 1.67. The lowest BCUT2D eigenvalue weighted by atomic mass is 10.1. The molecular weight excluding hydrogens is 435 g/mol. The van der Waals surface area contributed by atoms with Crippen LogP contribution in [-0.2, 0) is 11.2 Å². The van der Waals surface area contributed by atoms with Crippen LogP contribution in [0.3, 0.4) is 0 Å². The van der Waals surface area contributed by atoms with Crippen molar-refractivity contribution < 1.29 is 9.90 Å². The molecule has 0 aliphatic heterocycles. The molecule has 0 aliphatic rings. The van der Waals surface area contributed by atoms with Crippen LogP contribution in [0.4, 0.5) is 0 Å². The first-order valence-corrected chi connectivity index (χ1v) is 8.16. The lowest BCUT2D eigenvalue weighted by molar-refractivity contribution is -0.120. The Bertz CT molecular complexity index is 695. The molecule has 2 rings (SSSR count). The van der Waals surface area contributed by atoms with Crippen LogP contribution in [-0.4, -0.2) is 17.2 Å². The molecule has 0 spiro atoms. The minimum Gasteiger partial charge on any atom is -0.506 e. The van der Waals surface area contributed by atoms with Gasteiger partial charge in [-0.3, -0.25) is 4.79 Å². The zero-order chi connectivity index (χ0) is 16.1. The molecule has 2 N–H and O–H groups in total. The molecule has 0 aliphatic carbocycles. The number of halogens is 3. The average Bonchev–Trinajstić information content (AvgIpc) is 2.47. The Morgan fingerprint density at radius 1 is 1.23 bits per heavy atom. The zero-order valence-electron chi connectivity index (χ0n) is 11.2. The molecule has 0 bridgehead atoms. The Balaban J connectivity index is 1.94. The third kappa shape index (κ3) is 4.83. The molecular formula is C15H11Br2ClN2O2. The maximum atomic E-state index is 11.8. The number of hydrogen-bond donors (Lipinski definition) is 2. The Kier molecular flexibility index (Phi) is 5.99. The number of aromatic hydroxyl groups is 1. The van der Waals surface area contributed by atoms with E-state index in [1.807, 2.05) is 0 Å². The summed E-state index contributed by atoms with van der Waals surface area (Å²) in [6.07, 6.45) is 1.71. The Hall–Kier alpha value is -1.37. The number of amides is 1. The van der Waals surface area contributed by atoms with Crippen molar-refractivity contribution in [2.45, 2.75) is 6.42 Å². The quantitative estimate of drug-likeness (QED) is 0.545. The van der Waals surface area contributed by atoms with E-state index in [1.165, 1.54) is 6.21 Å². The van der Waals surface area contributed by atoms with Crippen LogP contribution in [0.5, 0.6) is 5.75 Å². The van der Waals surface area contributed by atoms with Crippen molar-refractivity contribution >= 4 is 55.6 Å². The number of hydrogen-bond acceptors (Lipinski definition) is 3. The largest absolute Gasteiger partial charge is 0.506 e. The topological polar surface area (TPSA) is 61.7 Å². The van der Waals surface area contributed by atoms with Crippen LogP contribution in [0.25, 0.3) is 0 Å². The van der Waals surface area contributed by atoms with E-state index in [2.05, 4.69) is 42.4 Å². The second kappa shape index (κ2) is 7.76. The number of benzene rings is 2. The number of phenols is 1. The highest BCUT2D eigenvalue weighted by atomic mass is 79.9. The fraction of sp³-hybridized carbons (Fsp3) is 0.0667. The molecule has 2 aromatic rings. The van der Waals surface area contributed by atoms with E-state index >= 15 is 0 Å². The monoisotopic (exact) mass is 444 g/mol. The summed E-state index contributed by atoms with van der Waals surface area (Å²) in [5.74, 6) is -0.112. The first-order chi connectivity index (χ1) is 10.5. The van der Waals surface area contributed by atoms with Crippen molar-refractivity contribution in [3.8, 4) is 5.75 Å². The van der Waals surface area contributed by atoms with Crippen molar-refractivity contribution in [2.75, 3.05) is 0 Å². The summed E-state index contributed by atoms with van der Waals surface area (Å²) >= 11 is 12.2. The summed E-state index contributed by atoms with van der Waals surface area (Å²) in [7, 11) is 0. The van der Waals surface area contributed by atoms with Crippen LogP contribution in [0.1, 0.15) is 11.1 Å². The van der Waals surface area contributed by atoms with E-state index in [9.17, 15) is 9.90 Å². The van der Waals surface area contributed by atoms with E-state index in [0.717, 1.165) is 11.1 Å². The number of nitrogens with zero attached hydrogens (tertiary/aromatic N) is 1. The molecule has 0 heterocycles. The number of rotatable bonds is 4. The van der Waals surface area contributed by atoms with Gasteiger partial charge in [-0.25, -0.2) is 5.43 Å². The molecule has 1 amide bonds. The van der Waals surface area contributed by atoms with Gasteiger partial charge in [0.1, 0.15) is 5.75 Å². The first-order valence-electron chi connectivity index (χ1n) is 6.20. The van der Waals surface area contributed by atoms with Crippen LogP contribution in [0.2, 0.25) is 5.02 Å². The van der Waals surface area contributed by atoms with Crippen molar-refractivity contribution in [3.63, 3.8) is 0 Å². The maximum absolute atomic E-state index is 11.8. The molecule has 22 heavy (non-hydrogen) atoms. The third-order valence-corrected chi connectivity index (χ3v) is 4.18. The van der Waals surface area contributed by atoms with Gasteiger partial charge in [0.05, 0.1) is 21.6 Å². The van der Waals surface area contributed by atoms with Gasteiger partial charge in [0.2, 0.25) is 5.91 Å². The minimum absolute atomic E-state index is 0.115. The highest BCUT2D eigenvalue weighted by molar-refractivity contribution is 9.11. The van der Waals surface area contributed by atoms with E-state index in [4.69, 9.17) is 11.6 Å². The number of carbonyl (C=O) groups excluding carboxylic acids is 1.